The van der Waals surface area contributed by atoms with E-state index in [0.717, 1.165) is 15.4 Å². The van der Waals surface area contributed by atoms with Crippen LogP contribution >= 0.6 is 23.5 Å². The summed E-state index contributed by atoms with van der Waals surface area (Å²) in [5.74, 6) is 0.457. The lowest BCUT2D eigenvalue weighted by atomic mass is 10.2. The van der Waals surface area contributed by atoms with Crippen LogP contribution in [-0.4, -0.2) is 18.2 Å². The van der Waals surface area contributed by atoms with Crippen LogP contribution in [0.4, 0.5) is 0 Å². The van der Waals surface area contributed by atoms with E-state index in [9.17, 15) is 4.57 Å². The normalized spacial score (nSPS) is 12.1. The summed E-state index contributed by atoms with van der Waals surface area (Å²) in [7, 11) is -3.42. The zero-order valence-corrected chi connectivity index (χ0v) is 15.3. The molecule has 122 valence electrons. The SMILES string of the molecule is CCOP(=O)(OCC)c1ccoc1-c1[nH]c2ccccc2c1Br. The van der Waals surface area contributed by atoms with Crippen LogP contribution in [0.3, 0.4) is 0 Å². The highest BCUT2D eigenvalue weighted by Crippen LogP contribution is 2.50. The number of halogens is 1. The highest BCUT2D eigenvalue weighted by Gasteiger charge is 2.33. The van der Waals surface area contributed by atoms with E-state index >= 15 is 0 Å². The van der Waals surface area contributed by atoms with Crippen molar-refractivity contribution >= 4 is 39.7 Å². The number of furan rings is 1. The molecule has 0 fully saturated rings. The highest BCUT2D eigenvalue weighted by atomic mass is 79.9. The number of rotatable bonds is 6. The fraction of sp³-hybridized carbons (Fsp3) is 0.250. The smallest absolute Gasteiger partial charge is 0.365 e. The molecule has 5 nitrogen and oxygen atoms in total. The Kier molecular flexibility index (Phi) is 4.78. The van der Waals surface area contributed by atoms with E-state index in [4.69, 9.17) is 13.5 Å². The van der Waals surface area contributed by atoms with Crippen LogP contribution in [0.15, 0.2) is 45.5 Å². The standard InChI is InChI=1S/C16H17BrNO4P/c1-3-21-23(19,22-4-2)13-9-10-20-16(13)15-14(17)11-7-5-6-8-12(11)18-15/h5-10,18H,3-4H2,1-2H3. The molecule has 0 atom stereocenters. The van der Waals surface area contributed by atoms with Gasteiger partial charge in [0.05, 0.1) is 29.6 Å². The maximum absolute atomic E-state index is 13.1. The van der Waals surface area contributed by atoms with E-state index in [2.05, 4.69) is 20.9 Å². The Balaban J connectivity index is 2.16. The number of nitrogens with one attached hydrogen (secondary N) is 1. The molecule has 0 radical (unpaired) electrons. The Morgan fingerprint density at radius 1 is 1.17 bits per heavy atom. The molecule has 0 spiro atoms. The molecular formula is C16H17BrNO4P. The molecule has 0 saturated heterocycles. The number of aromatic nitrogens is 1. The van der Waals surface area contributed by atoms with Crippen molar-refractivity contribution in [1.82, 2.24) is 4.98 Å². The minimum Gasteiger partial charge on any atom is -0.462 e. The molecule has 0 unspecified atom stereocenters. The third kappa shape index (κ3) is 2.92. The molecule has 1 N–H and O–H groups in total. The molecule has 0 aliphatic heterocycles. The first kappa shape index (κ1) is 16.5. The monoisotopic (exact) mass is 397 g/mol. The van der Waals surface area contributed by atoms with Crippen molar-refractivity contribution < 1.29 is 18.0 Å². The second kappa shape index (κ2) is 6.65. The summed E-state index contributed by atoms with van der Waals surface area (Å²) in [6, 6.07) is 9.51. The van der Waals surface area contributed by atoms with Crippen LogP contribution in [0.5, 0.6) is 0 Å². The number of benzene rings is 1. The molecule has 7 heteroatoms. The highest BCUT2D eigenvalue weighted by molar-refractivity contribution is 9.10. The van der Waals surface area contributed by atoms with Gasteiger partial charge in [0.1, 0.15) is 5.30 Å². The van der Waals surface area contributed by atoms with Gasteiger partial charge in [-0.15, -0.1) is 0 Å². The first-order valence-electron chi connectivity index (χ1n) is 7.34. The van der Waals surface area contributed by atoms with Gasteiger partial charge < -0.3 is 18.4 Å². The average Bonchev–Trinajstić information content (AvgIpc) is 3.13. The Morgan fingerprint density at radius 3 is 2.52 bits per heavy atom. The number of H-pyrrole nitrogens is 1. The minimum absolute atomic E-state index is 0.287. The number of hydrogen-bond acceptors (Lipinski definition) is 4. The zero-order valence-electron chi connectivity index (χ0n) is 12.8. The predicted molar refractivity (Wildman–Crippen MR) is 94.2 cm³/mol. The molecule has 0 aliphatic rings. The summed E-state index contributed by atoms with van der Waals surface area (Å²) in [5, 5.41) is 1.45. The van der Waals surface area contributed by atoms with Gasteiger partial charge in [0, 0.05) is 10.9 Å². The maximum atomic E-state index is 13.1. The molecule has 0 amide bonds. The predicted octanol–water partition coefficient (Wildman–Crippen LogP) is 5.08. The molecular weight excluding hydrogens is 381 g/mol. The van der Waals surface area contributed by atoms with Crippen molar-refractivity contribution in [3.8, 4) is 11.5 Å². The molecule has 3 rings (SSSR count). The van der Waals surface area contributed by atoms with E-state index in [-0.39, 0.29) is 13.2 Å². The number of aromatic amines is 1. The van der Waals surface area contributed by atoms with Gasteiger partial charge in [0.25, 0.3) is 0 Å². The zero-order chi connectivity index (χ0) is 16.4. The van der Waals surface area contributed by atoms with E-state index in [0.29, 0.717) is 16.8 Å². The van der Waals surface area contributed by atoms with Crippen LogP contribution in [0.2, 0.25) is 0 Å². The van der Waals surface area contributed by atoms with Gasteiger partial charge in [-0.05, 0) is 41.9 Å². The summed E-state index contributed by atoms with van der Waals surface area (Å²) < 4.78 is 30.4. The second-order valence-corrected chi connectivity index (χ2v) is 7.61. The minimum atomic E-state index is -3.42. The summed E-state index contributed by atoms with van der Waals surface area (Å²) >= 11 is 3.59. The van der Waals surface area contributed by atoms with Gasteiger partial charge in [-0.25, -0.2) is 0 Å². The van der Waals surface area contributed by atoms with Gasteiger partial charge >= 0.3 is 7.60 Å². The quantitative estimate of drug-likeness (QED) is 0.588. The van der Waals surface area contributed by atoms with Gasteiger partial charge in [0.2, 0.25) is 0 Å². The molecule has 1 aromatic carbocycles. The van der Waals surface area contributed by atoms with Crippen molar-refractivity contribution in [1.29, 1.82) is 0 Å². The molecule has 2 aromatic heterocycles. The number of para-hydroxylation sites is 1. The van der Waals surface area contributed by atoms with Crippen molar-refractivity contribution in [2.24, 2.45) is 0 Å². The van der Waals surface area contributed by atoms with Crippen molar-refractivity contribution in [2.75, 3.05) is 13.2 Å². The fourth-order valence-electron chi connectivity index (χ4n) is 2.49. The molecule has 3 aromatic rings. The van der Waals surface area contributed by atoms with E-state index in [1.54, 1.807) is 19.9 Å². The van der Waals surface area contributed by atoms with Crippen LogP contribution in [0.25, 0.3) is 22.4 Å². The van der Waals surface area contributed by atoms with Crippen molar-refractivity contribution in [3.05, 3.63) is 41.1 Å². The lowest BCUT2D eigenvalue weighted by molar-refractivity contribution is 0.230. The maximum Gasteiger partial charge on any atom is 0.365 e. The summed E-state index contributed by atoms with van der Waals surface area (Å²) in [6.07, 6.45) is 1.49. The summed E-state index contributed by atoms with van der Waals surface area (Å²) in [4.78, 5) is 3.29. The largest absolute Gasteiger partial charge is 0.462 e. The molecule has 0 saturated carbocycles. The van der Waals surface area contributed by atoms with Crippen LogP contribution < -0.4 is 5.30 Å². The topological polar surface area (TPSA) is 64.5 Å². The Bertz CT molecular complexity index is 860. The Labute approximate surface area is 142 Å². The fourth-order valence-corrected chi connectivity index (χ4v) is 4.80. The molecule has 2 heterocycles. The lowest BCUT2D eigenvalue weighted by Gasteiger charge is -2.16. The third-order valence-corrected chi connectivity index (χ3v) is 6.37. The van der Waals surface area contributed by atoms with Crippen LogP contribution in [0.1, 0.15) is 13.8 Å². The van der Waals surface area contributed by atoms with E-state index < -0.39 is 7.60 Å². The second-order valence-electron chi connectivity index (χ2n) is 4.83. The van der Waals surface area contributed by atoms with Gasteiger partial charge in [-0.1, -0.05) is 18.2 Å². The first-order valence-corrected chi connectivity index (χ1v) is 9.68. The van der Waals surface area contributed by atoms with Crippen LogP contribution in [0, 0.1) is 0 Å². The van der Waals surface area contributed by atoms with Crippen molar-refractivity contribution in [3.63, 3.8) is 0 Å². The van der Waals surface area contributed by atoms with Crippen LogP contribution in [-0.2, 0) is 13.6 Å². The average molecular weight is 398 g/mol. The molecule has 23 heavy (non-hydrogen) atoms. The van der Waals surface area contributed by atoms with E-state index in [1.165, 1.54) is 6.26 Å². The van der Waals surface area contributed by atoms with Crippen molar-refractivity contribution in [2.45, 2.75) is 13.8 Å². The Morgan fingerprint density at radius 2 is 1.87 bits per heavy atom. The summed E-state index contributed by atoms with van der Waals surface area (Å²) in [5.41, 5.74) is 1.67. The van der Waals surface area contributed by atoms with Gasteiger partial charge in [0.15, 0.2) is 5.76 Å². The van der Waals surface area contributed by atoms with Gasteiger partial charge in [-0.3, -0.25) is 4.57 Å². The third-order valence-electron chi connectivity index (χ3n) is 3.41. The number of hydrogen-bond donors (Lipinski definition) is 1. The van der Waals surface area contributed by atoms with E-state index in [1.807, 2.05) is 24.3 Å². The Hall–Kier alpha value is -1.33. The summed E-state index contributed by atoms with van der Waals surface area (Å²) in [6.45, 7) is 4.14. The van der Waals surface area contributed by atoms with Gasteiger partial charge in [-0.2, -0.15) is 0 Å². The number of fused-ring (bicyclic) bond motifs is 1. The molecule has 0 aliphatic carbocycles. The lowest BCUT2D eigenvalue weighted by Crippen LogP contribution is -2.11. The molecule has 0 bridgehead atoms. The first-order chi connectivity index (χ1) is 11.1.